The van der Waals surface area contributed by atoms with Gasteiger partial charge < -0.3 is 15.0 Å². The fraction of sp³-hybridized carbons (Fsp3) is 0.526. The van der Waals surface area contributed by atoms with Crippen LogP contribution in [0.2, 0.25) is 0 Å². The second-order valence-electron chi connectivity index (χ2n) is 7.24. The maximum atomic E-state index is 13.1. The van der Waals surface area contributed by atoms with Crippen molar-refractivity contribution in [1.82, 2.24) is 10.2 Å². The molecule has 6 nitrogen and oxygen atoms in total. The molecular weight excluding hydrogens is 400 g/mol. The number of likely N-dealkylation sites (tertiary alicyclic amines) is 1. The molecule has 2 saturated heterocycles. The van der Waals surface area contributed by atoms with Crippen molar-refractivity contribution < 1.29 is 19.1 Å². The number of nitrogens with one attached hydrogen (secondary N) is 1. The van der Waals surface area contributed by atoms with Crippen LogP contribution in [0.15, 0.2) is 28.7 Å². The van der Waals surface area contributed by atoms with Crippen LogP contribution < -0.4 is 5.32 Å². The minimum atomic E-state index is -0.654. The summed E-state index contributed by atoms with van der Waals surface area (Å²) in [4.78, 5) is 39.3. The van der Waals surface area contributed by atoms with E-state index >= 15 is 0 Å². The van der Waals surface area contributed by atoms with Crippen LogP contribution in [0.1, 0.15) is 37.0 Å². The first-order valence-corrected chi connectivity index (χ1v) is 9.67. The predicted molar refractivity (Wildman–Crippen MR) is 99.7 cm³/mol. The molecule has 3 rings (SSSR count). The number of ketones is 1. The van der Waals surface area contributed by atoms with E-state index in [-0.39, 0.29) is 36.2 Å². The van der Waals surface area contributed by atoms with Crippen LogP contribution >= 0.6 is 15.9 Å². The van der Waals surface area contributed by atoms with Gasteiger partial charge in [0.2, 0.25) is 5.91 Å². The molecule has 1 aromatic carbocycles. The number of fused-ring (bicyclic) bond motifs is 1. The lowest BCUT2D eigenvalue weighted by molar-refractivity contribution is -0.138. The Labute approximate surface area is 161 Å². The van der Waals surface area contributed by atoms with Crippen molar-refractivity contribution in [2.75, 3.05) is 13.2 Å². The van der Waals surface area contributed by atoms with Crippen LogP contribution in [0.25, 0.3) is 0 Å². The summed E-state index contributed by atoms with van der Waals surface area (Å²) in [7, 11) is 0. The van der Waals surface area contributed by atoms with Crippen LogP contribution in [-0.4, -0.2) is 53.8 Å². The number of carbonyl (C=O) groups excluding carboxylic acids is 3. The average Bonchev–Trinajstić information content (AvgIpc) is 3.17. The van der Waals surface area contributed by atoms with Crippen molar-refractivity contribution in [2.24, 2.45) is 5.92 Å². The Kier molecular flexibility index (Phi) is 5.77. The van der Waals surface area contributed by atoms with Crippen LogP contribution in [0.5, 0.6) is 0 Å². The van der Waals surface area contributed by atoms with E-state index in [1.54, 1.807) is 29.2 Å². The maximum absolute atomic E-state index is 13.1. The number of hydrogen-bond donors (Lipinski definition) is 1. The van der Waals surface area contributed by atoms with Gasteiger partial charge in [-0.3, -0.25) is 14.4 Å². The zero-order valence-electron chi connectivity index (χ0n) is 14.9. The molecule has 0 radical (unpaired) electrons. The Morgan fingerprint density at radius 1 is 1.31 bits per heavy atom. The minimum Gasteiger partial charge on any atom is -0.368 e. The Hall–Kier alpha value is -1.73. The number of hydrogen-bond acceptors (Lipinski definition) is 4. The summed E-state index contributed by atoms with van der Waals surface area (Å²) >= 11 is 3.34. The summed E-state index contributed by atoms with van der Waals surface area (Å²) in [5.41, 5.74) is 0.495. The molecule has 26 heavy (non-hydrogen) atoms. The third-order valence-electron chi connectivity index (χ3n) is 4.81. The molecule has 2 aliphatic rings. The molecule has 3 unspecified atom stereocenters. The van der Waals surface area contributed by atoms with E-state index < -0.39 is 12.1 Å². The Bertz CT molecular complexity index is 704. The van der Waals surface area contributed by atoms with Gasteiger partial charge in [0.25, 0.3) is 5.91 Å². The number of amides is 2. The number of halogens is 1. The van der Waals surface area contributed by atoms with Crippen LogP contribution in [0, 0.1) is 5.92 Å². The highest BCUT2D eigenvalue weighted by Crippen LogP contribution is 2.28. The fourth-order valence-corrected chi connectivity index (χ4v) is 3.84. The van der Waals surface area contributed by atoms with Gasteiger partial charge in [-0.2, -0.15) is 0 Å². The number of Topliss-reactive ketones (excluding diaryl/α,β-unsaturated/α-hetero) is 1. The summed E-state index contributed by atoms with van der Waals surface area (Å²) in [5, 5.41) is 2.86. The number of rotatable bonds is 5. The van der Waals surface area contributed by atoms with E-state index in [1.165, 1.54) is 0 Å². The zero-order chi connectivity index (χ0) is 18.8. The van der Waals surface area contributed by atoms with Gasteiger partial charge in [0, 0.05) is 16.6 Å². The molecule has 0 saturated carbocycles. The molecular formula is C19H23BrN2O4. The first-order valence-electron chi connectivity index (χ1n) is 8.88. The standard InChI is InChI=1S/C19H23BrN2O4/c1-11(2)9-14(21-18(24)12-3-5-13(20)6-4-12)19(25)22-8-7-16-17(22)15(23)10-26-16/h3-6,11,14,16-17H,7-10H2,1-2H3,(H,21,24). The molecule has 0 spiro atoms. The summed E-state index contributed by atoms with van der Waals surface area (Å²) in [5.74, 6) is -0.316. The quantitative estimate of drug-likeness (QED) is 0.788. The molecule has 1 aromatic rings. The normalized spacial score (nSPS) is 23.2. The van der Waals surface area contributed by atoms with Crippen molar-refractivity contribution in [1.29, 1.82) is 0 Å². The average molecular weight is 423 g/mol. The Balaban J connectivity index is 1.75. The van der Waals surface area contributed by atoms with Crippen molar-refractivity contribution in [3.63, 3.8) is 0 Å². The van der Waals surface area contributed by atoms with E-state index in [0.29, 0.717) is 24.9 Å². The summed E-state index contributed by atoms with van der Waals surface area (Å²) in [6, 6.07) is 5.83. The van der Waals surface area contributed by atoms with Crippen molar-refractivity contribution in [3.8, 4) is 0 Å². The molecule has 140 valence electrons. The summed E-state index contributed by atoms with van der Waals surface area (Å²) in [6.45, 7) is 4.56. The Morgan fingerprint density at radius 2 is 2.00 bits per heavy atom. The Morgan fingerprint density at radius 3 is 2.65 bits per heavy atom. The van der Waals surface area contributed by atoms with Gasteiger partial charge in [0.05, 0.1) is 6.10 Å². The number of carbonyl (C=O) groups is 3. The monoisotopic (exact) mass is 422 g/mol. The molecule has 0 aromatic heterocycles. The van der Waals surface area contributed by atoms with E-state index in [2.05, 4.69) is 21.2 Å². The van der Waals surface area contributed by atoms with Crippen LogP contribution in [0.3, 0.4) is 0 Å². The third-order valence-corrected chi connectivity index (χ3v) is 5.34. The fourth-order valence-electron chi connectivity index (χ4n) is 3.58. The van der Waals surface area contributed by atoms with E-state index in [4.69, 9.17) is 4.74 Å². The smallest absolute Gasteiger partial charge is 0.251 e. The highest BCUT2D eigenvalue weighted by molar-refractivity contribution is 9.10. The van der Waals surface area contributed by atoms with Crippen LogP contribution in [0.4, 0.5) is 0 Å². The highest BCUT2D eigenvalue weighted by Gasteiger charge is 2.48. The number of nitrogens with zero attached hydrogens (tertiary/aromatic N) is 1. The molecule has 2 amide bonds. The second-order valence-corrected chi connectivity index (χ2v) is 8.16. The van der Waals surface area contributed by atoms with Crippen molar-refractivity contribution in [2.45, 2.75) is 44.9 Å². The molecule has 0 aliphatic carbocycles. The number of ether oxygens (including phenoxy) is 1. The van der Waals surface area contributed by atoms with Gasteiger partial charge in [0.1, 0.15) is 18.7 Å². The maximum Gasteiger partial charge on any atom is 0.251 e. The SMILES string of the molecule is CC(C)CC(NC(=O)c1ccc(Br)cc1)C(=O)N1CCC2OCC(=O)C21. The lowest BCUT2D eigenvalue weighted by atomic mass is 10.0. The van der Waals surface area contributed by atoms with Gasteiger partial charge >= 0.3 is 0 Å². The van der Waals surface area contributed by atoms with Gasteiger partial charge in [-0.25, -0.2) is 0 Å². The highest BCUT2D eigenvalue weighted by atomic mass is 79.9. The molecule has 0 bridgehead atoms. The minimum absolute atomic E-state index is 0.0524. The lowest BCUT2D eigenvalue weighted by Crippen LogP contribution is -2.52. The molecule has 7 heteroatoms. The molecule has 2 fully saturated rings. The molecule has 1 N–H and O–H groups in total. The van der Waals surface area contributed by atoms with Crippen molar-refractivity contribution in [3.05, 3.63) is 34.3 Å². The second kappa shape index (κ2) is 7.88. The largest absolute Gasteiger partial charge is 0.368 e. The van der Waals surface area contributed by atoms with Crippen LogP contribution in [-0.2, 0) is 14.3 Å². The topological polar surface area (TPSA) is 75.7 Å². The zero-order valence-corrected chi connectivity index (χ0v) is 16.5. The lowest BCUT2D eigenvalue weighted by Gasteiger charge is -2.28. The third kappa shape index (κ3) is 3.99. The van der Waals surface area contributed by atoms with E-state index in [0.717, 1.165) is 4.47 Å². The molecule has 3 atom stereocenters. The first-order chi connectivity index (χ1) is 12.4. The van der Waals surface area contributed by atoms with Gasteiger partial charge in [0.15, 0.2) is 5.78 Å². The van der Waals surface area contributed by atoms with Gasteiger partial charge in [-0.15, -0.1) is 0 Å². The van der Waals surface area contributed by atoms with E-state index in [1.807, 2.05) is 13.8 Å². The van der Waals surface area contributed by atoms with E-state index in [9.17, 15) is 14.4 Å². The number of benzene rings is 1. The first kappa shape index (κ1) is 19.0. The van der Waals surface area contributed by atoms with Gasteiger partial charge in [-0.1, -0.05) is 29.8 Å². The summed E-state index contributed by atoms with van der Waals surface area (Å²) < 4.78 is 6.34. The predicted octanol–water partition coefficient (Wildman–Crippen LogP) is 2.16. The molecule has 2 heterocycles. The molecule has 2 aliphatic heterocycles. The van der Waals surface area contributed by atoms with Crippen molar-refractivity contribution >= 4 is 33.5 Å². The van der Waals surface area contributed by atoms with Gasteiger partial charge in [-0.05, 0) is 43.0 Å². The summed E-state index contributed by atoms with van der Waals surface area (Å²) in [6.07, 6.45) is 0.981.